The number of nitrogens with one attached hydrogen (secondary N) is 4. The predicted octanol–water partition coefficient (Wildman–Crippen LogP) is 13.7. The largest absolute Gasteiger partial charge is 0.465 e. The van der Waals surface area contributed by atoms with E-state index in [1.165, 1.54) is 25.3 Å². The third-order valence-electron chi connectivity index (χ3n) is 7.04. The zero-order valence-corrected chi connectivity index (χ0v) is 39.6. The molecule has 0 bridgehead atoms. The second kappa shape index (κ2) is 65.9. The molecule has 2 unspecified atom stereocenters. The first-order chi connectivity index (χ1) is 30.0. The summed E-state index contributed by atoms with van der Waals surface area (Å²) in [5.41, 5.74) is 12.0. The molecule has 0 aliphatic carbocycles. The van der Waals surface area contributed by atoms with Gasteiger partial charge in [-0.25, -0.2) is 19.9 Å². The van der Waals surface area contributed by atoms with E-state index in [-0.39, 0.29) is 107 Å². The number of esters is 2. The van der Waals surface area contributed by atoms with E-state index in [1.54, 1.807) is 45.4 Å². The van der Waals surface area contributed by atoms with Gasteiger partial charge in [0, 0.05) is 31.4 Å². The second-order valence-corrected chi connectivity index (χ2v) is 14.1. The Hall–Kier alpha value is -6.16. The van der Waals surface area contributed by atoms with Crippen LogP contribution in [0.4, 0.5) is 5.82 Å². The van der Waals surface area contributed by atoms with Gasteiger partial charge in [-0.3, -0.25) is 24.2 Å². The number of hydrogen-bond donors (Lipinski definition) is 6. The van der Waals surface area contributed by atoms with Gasteiger partial charge in [-0.15, -0.1) is 0 Å². The Balaban J connectivity index is -0.0000000477. The molecule has 0 aliphatic rings. The van der Waals surface area contributed by atoms with Crippen molar-refractivity contribution in [2.75, 3.05) is 37.9 Å². The molecule has 0 amide bonds. The summed E-state index contributed by atoms with van der Waals surface area (Å²) in [5, 5.41) is 19.4. The Kier molecular flexibility index (Phi) is 92.5. The maximum absolute atomic E-state index is 11.2. The van der Waals surface area contributed by atoms with Crippen LogP contribution in [-0.2, 0) is 30.2 Å². The van der Waals surface area contributed by atoms with E-state index in [0.717, 1.165) is 23.0 Å². The Morgan fingerprint density at radius 1 is 0.747 bits per heavy atom. The number of anilines is 1. The topological polar surface area (TPSA) is 323 Å². The van der Waals surface area contributed by atoms with E-state index >= 15 is 0 Å². The zero-order chi connectivity index (χ0) is 48.2. The molecule has 8 N–H and O–H groups in total. The normalized spacial score (nSPS) is 9.05. The quantitative estimate of drug-likeness (QED) is 0.0235. The lowest BCUT2D eigenvalue weighted by Gasteiger charge is -2.09. The Bertz CT molecular complexity index is 2230. The number of carbonyl (C=O) groups is 2. The number of aromatic nitrogens is 8. The van der Waals surface area contributed by atoms with Gasteiger partial charge in [-0.2, -0.15) is 10.5 Å². The highest BCUT2D eigenvalue weighted by atomic mass is 79.9. The summed E-state index contributed by atoms with van der Waals surface area (Å²) in [7, 11) is 1.62. The van der Waals surface area contributed by atoms with E-state index in [9.17, 15) is 19.2 Å². The van der Waals surface area contributed by atoms with Crippen molar-refractivity contribution in [1.29, 1.82) is 10.5 Å². The summed E-state index contributed by atoms with van der Waals surface area (Å²) in [4.78, 5) is 73.0. The molecule has 442 valence electrons. The van der Waals surface area contributed by atoms with E-state index in [4.69, 9.17) is 43.1 Å². The highest BCUT2D eigenvalue weighted by Crippen LogP contribution is 2.16. The van der Waals surface area contributed by atoms with Gasteiger partial charge in [0.05, 0.1) is 66.8 Å². The van der Waals surface area contributed by atoms with Crippen LogP contribution < -0.4 is 22.6 Å². The summed E-state index contributed by atoms with van der Waals surface area (Å²) >= 11 is 9.02. The number of nitrogens with two attached hydrogens (primary N) is 2. The number of hydrogen-bond acceptors (Lipinski definition) is 15. The zero-order valence-electron chi connectivity index (χ0n) is 37.3. The van der Waals surface area contributed by atoms with Crippen molar-refractivity contribution in [3.8, 4) is 12.1 Å². The molecular weight excluding hydrogens is 1050 g/mol. The van der Waals surface area contributed by atoms with Gasteiger partial charge in [0.2, 0.25) is 0 Å². The average molecular weight is 1160 g/mol. The van der Waals surface area contributed by atoms with Crippen molar-refractivity contribution < 1.29 is 23.8 Å². The summed E-state index contributed by atoms with van der Waals surface area (Å²) in [6, 6.07) is 7.16. The molecule has 0 aliphatic heterocycles. The van der Waals surface area contributed by atoms with Gasteiger partial charge in [0.15, 0.2) is 0 Å². The second-order valence-electron chi connectivity index (χ2n) is 13.1. The van der Waals surface area contributed by atoms with Crippen molar-refractivity contribution in [2.45, 2.75) is 170 Å². The predicted molar refractivity (Wildman–Crippen MR) is 330 cm³/mol. The lowest BCUT2D eigenvalue weighted by atomic mass is 9.99. The minimum Gasteiger partial charge on any atom is -0.465 e. The Morgan fingerprint density at radius 2 is 1.23 bits per heavy atom. The maximum atomic E-state index is 11.2. The van der Waals surface area contributed by atoms with Crippen LogP contribution in [0.25, 0.3) is 22.1 Å². The number of fused-ring (bicyclic) bond motifs is 2. The van der Waals surface area contributed by atoms with Gasteiger partial charge in [0.25, 0.3) is 11.1 Å². The fourth-order valence-corrected chi connectivity index (χ4v) is 4.68. The number of ether oxygens (including phenoxy) is 3. The summed E-state index contributed by atoms with van der Waals surface area (Å²) in [5.74, 6) is -0.335. The molecule has 5 rings (SSSR count). The van der Waals surface area contributed by atoms with E-state index in [2.05, 4.69) is 65.5 Å². The first-order valence-electron chi connectivity index (χ1n) is 19.7. The molecule has 20 nitrogen and oxygen atoms in total. The number of nitriles is 2. The van der Waals surface area contributed by atoms with Crippen molar-refractivity contribution in [3.63, 3.8) is 0 Å². The summed E-state index contributed by atoms with van der Waals surface area (Å²) in [6.45, 7) is 17.0. The maximum Gasteiger partial charge on any atom is 0.323 e. The number of halogens is 2. The molecule has 0 spiro atoms. The number of rotatable bonds is 11. The molecule has 5 aromatic rings. The van der Waals surface area contributed by atoms with Crippen LogP contribution in [-0.4, -0.2) is 96.5 Å². The third-order valence-corrected chi connectivity index (χ3v) is 8.25. The van der Waals surface area contributed by atoms with Crippen molar-refractivity contribution in [3.05, 3.63) is 74.9 Å². The molecule has 0 saturated carbocycles. The number of aromatic amines is 4. The Labute approximate surface area is 469 Å². The van der Waals surface area contributed by atoms with Gasteiger partial charge in [-0.05, 0) is 64.5 Å². The van der Waals surface area contributed by atoms with Crippen molar-refractivity contribution >= 4 is 73.7 Å². The van der Waals surface area contributed by atoms with Crippen LogP contribution >= 0.6 is 27.5 Å². The van der Waals surface area contributed by atoms with Crippen LogP contribution in [0, 0.1) is 40.4 Å². The van der Waals surface area contributed by atoms with Crippen LogP contribution in [0.5, 0.6) is 0 Å². The first kappa shape index (κ1) is 105. The molecule has 5 heterocycles. The molecule has 5 aromatic heterocycles. The van der Waals surface area contributed by atoms with Gasteiger partial charge < -0.3 is 45.6 Å². The lowest BCUT2D eigenvalue weighted by Crippen LogP contribution is -2.17. The fourth-order valence-electron chi connectivity index (χ4n) is 4.29. The number of nitrogen functional groups attached to an aromatic ring is 1. The lowest BCUT2D eigenvalue weighted by molar-refractivity contribution is -0.146. The van der Waals surface area contributed by atoms with Crippen LogP contribution in [0.1, 0.15) is 163 Å². The van der Waals surface area contributed by atoms with Crippen molar-refractivity contribution in [2.24, 2.45) is 28.5 Å². The van der Waals surface area contributed by atoms with E-state index in [1.807, 2.05) is 53.7 Å². The van der Waals surface area contributed by atoms with Crippen LogP contribution in [0.2, 0.25) is 5.15 Å². The molecule has 22 heteroatoms. The number of H-pyrrole nitrogens is 4. The number of carbonyl (C=O) groups excluding carboxylic acids is 2. The first-order valence-corrected chi connectivity index (χ1v) is 21.2. The fraction of sp³-hybridized carbons (Fsp3) is 0.604. The highest BCUT2D eigenvalue weighted by molar-refractivity contribution is 9.09. The van der Waals surface area contributed by atoms with Gasteiger partial charge in [-0.1, -0.05) is 144 Å². The van der Waals surface area contributed by atoms with Gasteiger partial charge >= 0.3 is 11.9 Å². The van der Waals surface area contributed by atoms with E-state index in [0.29, 0.717) is 71.6 Å². The van der Waals surface area contributed by atoms with Crippen LogP contribution in [0.15, 0.2) is 58.1 Å². The Morgan fingerprint density at radius 3 is 1.60 bits per heavy atom. The number of nitrogens with zero attached hydrogens (tertiary/aromatic N) is 7. The van der Waals surface area contributed by atoms with E-state index < -0.39 is 17.9 Å². The standard InChI is InChI=1S/C9H15NO2.C8H13N3O.C6H4ClN3.C6H5N3O.C5H11BrO.C5H7NO2.C2H6N2.12CH4/c1-4-12-9(11)8(6-10)5-7(2)3;1-5(2)3-6-7(9)10-4-11-8(6)12;7-5-4-1-2-8-6(4)10-3-9-5;10-6-4-1-2-7-5(4)8-3-9-6;1-3-7-5(2)4-6;1-2-8-5(7)3-4-6;1-4-2-3;;;;;;;;;;;;/h7-8H,4-5H2,1-3H3;4-5H,3H2,1-2H3,(H3,9,10,11,12);1-3H,(H,8,9,10);1-3H,(H2,7,8,9,10);5H,3-4H2,1-2H3;2-3H2,1H3;2H,1H3,(H2,3,4);12*1H4. The van der Waals surface area contributed by atoms with Gasteiger partial charge in [0.1, 0.15) is 40.9 Å². The monoisotopic (exact) mass is 1150 g/mol. The smallest absolute Gasteiger partial charge is 0.323 e. The minimum absolute atomic E-state index is 0. The summed E-state index contributed by atoms with van der Waals surface area (Å²) in [6.07, 6.45) is 10.3. The molecule has 75 heavy (non-hydrogen) atoms. The summed E-state index contributed by atoms with van der Waals surface area (Å²) < 4.78 is 14.3. The SMILES string of the molecule is C.C.C.C.C.C.C.C.C.C.C.C.CC(C)Cc1c(N)nc[nH]c1=O.CCOC(=O)C(C#N)CC(C)C.CCOC(=O)CC#N.CCOC(C)CBr.CN=CN.Clc1ncnc2[nH]ccc12.O=c1[nH]cnc2[nH]ccc12. The molecule has 0 saturated heterocycles. The third kappa shape index (κ3) is 49.8. The van der Waals surface area contributed by atoms with Crippen LogP contribution in [0.3, 0.4) is 0 Å². The molecule has 0 fully saturated rings. The number of alkyl halides is 1. The minimum atomic E-state index is -0.593. The number of aliphatic imine (C=N–C) groups is 1. The van der Waals surface area contributed by atoms with Crippen molar-refractivity contribution in [1.82, 2.24) is 39.9 Å². The molecule has 2 atom stereocenters. The molecular formula is C53H109BrClN13O7. The average Bonchev–Trinajstić information content (AvgIpc) is 3.95. The molecule has 0 radical (unpaired) electrons. The highest BCUT2D eigenvalue weighted by Gasteiger charge is 2.19. The molecule has 0 aromatic carbocycles.